The van der Waals surface area contributed by atoms with Gasteiger partial charge in [0, 0.05) is 24.8 Å². The third-order valence-electron chi connectivity index (χ3n) is 4.78. The van der Waals surface area contributed by atoms with E-state index in [-0.39, 0.29) is 18.2 Å². The molecule has 3 N–H and O–H groups in total. The fourth-order valence-electron chi connectivity index (χ4n) is 3.09. The minimum absolute atomic E-state index is 0.169. The van der Waals surface area contributed by atoms with E-state index in [0.717, 1.165) is 11.1 Å². The van der Waals surface area contributed by atoms with E-state index in [4.69, 9.17) is 19.9 Å². The molecule has 10 nitrogen and oxygen atoms in total. The number of pyridine rings is 2. The summed E-state index contributed by atoms with van der Waals surface area (Å²) in [6, 6.07) is 14.6. The lowest BCUT2D eigenvalue weighted by Crippen LogP contribution is -2.38. The highest BCUT2D eigenvalue weighted by atomic mass is 31.2. The molecule has 4 rings (SSSR count). The number of nitrogen functional groups attached to an aromatic ring is 1. The normalized spacial score (nSPS) is 12.9. The maximum absolute atomic E-state index is 13.0. The Balaban J connectivity index is 1.39. The molecule has 0 saturated heterocycles. The van der Waals surface area contributed by atoms with E-state index in [1.54, 1.807) is 42.6 Å². The van der Waals surface area contributed by atoms with E-state index >= 15 is 0 Å². The first-order valence-corrected chi connectivity index (χ1v) is 11.5. The molecule has 0 aliphatic rings. The van der Waals surface area contributed by atoms with Crippen LogP contribution in [-0.4, -0.2) is 15.0 Å². The highest BCUT2D eigenvalue weighted by Crippen LogP contribution is 2.30. The zero-order valence-corrected chi connectivity index (χ0v) is 18.6. The van der Waals surface area contributed by atoms with Gasteiger partial charge in [-0.05, 0) is 35.4 Å². The third kappa shape index (κ3) is 6.24. The number of anilines is 1. The molecular formula is C22H20FN4O6P. The topological polar surface area (TPSA) is 148 Å². The summed E-state index contributed by atoms with van der Waals surface area (Å²) in [6.07, 6.45) is 3.60. The highest BCUT2D eigenvalue weighted by Gasteiger charge is 2.18. The third-order valence-corrected chi connectivity index (χ3v) is 5.22. The fraction of sp³-hybridized carbons (Fsp3) is 0.136. The number of rotatable bonds is 9. The summed E-state index contributed by atoms with van der Waals surface area (Å²) in [5.74, 6) is 0.678. The molecule has 1 atom stereocenters. The van der Waals surface area contributed by atoms with Gasteiger partial charge in [-0.3, -0.25) is 14.8 Å². The minimum Gasteiger partial charge on any atom is -0.756 e. The van der Waals surface area contributed by atoms with Gasteiger partial charge in [0.25, 0.3) is 13.6 Å². The van der Waals surface area contributed by atoms with Crippen LogP contribution in [-0.2, 0) is 28.8 Å². The predicted octanol–water partition coefficient (Wildman–Crippen LogP) is 2.35. The summed E-state index contributed by atoms with van der Waals surface area (Å²) in [5.41, 5.74) is 8.88. The Hall–Kier alpha value is -3.63. The molecule has 0 fully saturated rings. The lowest BCUT2D eigenvalue weighted by Gasteiger charge is -2.14. The van der Waals surface area contributed by atoms with Crippen LogP contribution in [0.25, 0.3) is 11.3 Å². The smallest absolute Gasteiger partial charge is 0.285 e. The lowest BCUT2D eigenvalue weighted by molar-refractivity contribution is -0.712. The molecular weight excluding hydrogens is 466 g/mol. The Morgan fingerprint density at radius 1 is 1.18 bits per heavy atom. The molecule has 3 aromatic heterocycles. The largest absolute Gasteiger partial charge is 0.756 e. The first-order valence-electron chi connectivity index (χ1n) is 10.0. The molecule has 3 heterocycles. The van der Waals surface area contributed by atoms with Gasteiger partial charge in [0.15, 0.2) is 12.5 Å². The van der Waals surface area contributed by atoms with Crippen molar-refractivity contribution in [3.63, 3.8) is 0 Å². The molecule has 176 valence electrons. The van der Waals surface area contributed by atoms with Crippen molar-refractivity contribution in [3.05, 3.63) is 89.6 Å². The number of phosphoric acid groups is 1. The summed E-state index contributed by atoms with van der Waals surface area (Å²) in [7, 11) is -4.89. The van der Waals surface area contributed by atoms with Crippen LogP contribution in [0.4, 0.5) is 10.2 Å². The van der Waals surface area contributed by atoms with Crippen molar-refractivity contribution in [2.24, 2.45) is 0 Å². The average Bonchev–Trinajstić information content (AvgIpc) is 3.26. The van der Waals surface area contributed by atoms with Crippen LogP contribution in [0.2, 0.25) is 0 Å². The summed E-state index contributed by atoms with van der Waals surface area (Å²) < 4.78 is 40.5. The molecule has 4 aromatic rings. The number of nitrogens with two attached hydrogens (primary N) is 1. The quantitative estimate of drug-likeness (QED) is 0.269. The van der Waals surface area contributed by atoms with Crippen LogP contribution in [0.3, 0.4) is 0 Å². The number of benzene rings is 1. The second kappa shape index (κ2) is 10.1. The molecule has 0 aliphatic heterocycles. The van der Waals surface area contributed by atoms with Crippen molar-refractivity contribution in [2.75, 3.05) is 5.73 Å². The average molecular weight is 486 g/mol. The zero-order valence-electron chi connectivity index (χ0n) is 17.7. The number of hydrogen-bond acceptors (Lipinski definition) is 8. The van der Waals surface area contributed by atoms with Crippen molar-refractivity contribution in [1.82, 2.24) is 10.1 Å². The molecule has 34 heavy (non-hydrogen) atoms. The SMILES string of the molecule is Nc1c(-c2cc(Cc3ccc(OCc4ccc(F)cc4)nc3)no2)ccc[n+]1COP(=O)([O-])O. The summed E-state index contributed by atoms with van der Waals surface area (Å²) in [6.45, 7) is -0.216. The Labute approximate surface area is 193 Å². The molecule has 0 saturated carbocycles. The summed E-state index contributed by atoms with van der Waals surface area (Å²) in [5, 5.41) is 4.05. The summed E-state index contributed by atoms with van der Waals surface area (Å²) >= 11 is 0. The number of aromatic nitrogens is 3. The van der Waals surface area contributed by atoms with E-state index in [0.29, 0.717) is 29.3 Å². The van der Waals surface area contributed by atoms with Crippen LogP contribution in [0.1, 0.15) is 16.8 Å². The number of phosphoric ester groups is 1. The van der Waals surface area contributed by atoms with Gasteiger partial charge >= 0.3 is 0 Å². The van der Waals surface area contributed by atoms with Crippen LogP contribution in [0.5, 0.6) is 5.88 Å². The molecule has 1 unspecified atom stereocenters. The molecule has 12 heteroatoms. The molecule has 0 aliphatic carbocycles. The van der Waals surface area contributed by atoms with Crippen molar-refractivity contribution in [2.45, 2.75) is 19.8 Å². The lowest BCUT2D eigenvalue weighted by atomic mass is 10.1. The highest BCUT2D eigenvalue weighted by molar-refractivity contribution is 7.44. The zero-order chi connectivity index (χ0) is 24.1. The Morgan fingerprint density at radius 2 is 1.94 bits per heavy atom. The number of halogens is 1. The Morgan fingerprint density at radius 3 is 2.65 bits per heavy atom. The second-order valence-corrected chi connectivity index (χ2v) is 8.48. The van der Waals surface area contributed by atoms with Gasteiger partial charge in [0.2, 0.25) is 5.88 Å². The first kappa shape index (κ1) is 23.5. The molecule has 0 bridgehead atoms. The molecule has 1 aromatic carbocycles. The summed E-state index contributed by atoms with van der Waals surface area (Å²) in [4.78, 5) is 23.9. The first-order chi connectivity index (χ1) is 16.3. The van der Waals surface area contributed by atoms with Gasteiger partial charge in [0.1, 0.15) is 18.0 Å². The number of nitrogens with zero attached hydrogens (tertiary/aromatic N) is 3. The van der Waals surface area contributed by atoms with E-state index in [1.165, 1.54) is 22.9 Å². The van der Waals surface area contributed by atoms with Crippen molar-refractivity contribution < 1.29 is 37.1 Å². The maximum Gasteiger partial charge on any atom is 0.285 e. The van der Waals surface area contributed by atoms with Gasteiger partial charge in [-0.15, -0.1) is 0 Å². The van der Waals surface area contributed by atoms with Crippen molar-refractivity contribution >= 4 is 13.6 Å². The Bertz CT molecular complexity index is 1310. The van der Waals surface area contributed by atoms with E-state index in [2.05, 4.69) is 14.7 Å². The van der Waals surface area contributed by atoms with E-state index in [9.17, 15) is 13.8 Å². The minimum atomic E-state index is -4.89. The van der Waals surface area contributed by atoms with Crippen LogP contribution in [0.15, 0.2) is 71.5 Å². The van der Waals surface area contributed by atoms with E-state index < -0.39 is 14.6 Å². The molecule has 0 amide bonds. The van der Waals surface area contributed by atoms with Crippen molar-refractivity contribution in [3.8, 4) is 17.2 Å². The van der Waals surface area contributed by atoms with Crippen LogP contribution < -0.4 is 19.9 Å². The van der Waals surface area contributed by atoms with Crippen LogP contribution >= 0.6 is 7.82 Å². The van der Waals surface area contributed by atoms with Crippen molar-refractivity contribution in [1.29, 1.82) is 0 Å². The van der Waals surface area contributed by atoms with Gasteiger partial charge < -0.3 is 19.0 Å². The second-order valence-electron chi connectivity index (χ2n) is 7.28. The number of hydrogen-bond donors (Lipinski definition) is 2. The maximum atomic E-state index is 13.0. The Kier molecular flexibility index (Phi) is 6.99. The molecule has 0 radical (unpaired) electrons. The van der Waals surface area contributed by atoms with Gasteiger partial charge in [-0.1, -0.05) is 23.4 Å². The van der Waals surface area contributed by atoms with Gasteiger partial charge in [0.05, 0.1) is 11.9 Å². The standard InChI is InChI=1S/C22H20FN4O6P/c23-17-6-3-15(4-7-17)13-31-21-8-5-16(12-25-21)10-18-11-20(33-26-18)19-2-1-9-27(22(19)24)14-32-34(28,29)30/h1-9,11-12,24H,10,13-14H2,(H2,28,29,30). The van der Waals surface area contributed by atoms with Gasteiger partial charge in [-0.25, -0.2) is 13.9 Å². The monoisotopic (exact) mass is 486 g/mol. The van der Waals surface area contributed by atoms with E-state index in [1.807, 2.05) is 6.07 Å². The van der Waals surface area contributed by atoms with Gasteiger partial charge in [-0.2, -0.15) is 0 Å². The number of ether oxygens (including phenoxy) is 1. The predicted molar refractivity (Wildman–Crippen MR) is 115 cm³/mol. The molecule has 0 spiro atoms. The van der Waals surface area contributed by atoms with Crippen LogP contribution in [0, 0.1) is 5.82 Å². The fourth-order valence-corrected chi connectivity index (χ4v) is 3.36.